The van der Waals surface area contributed by atoms with Gasteiger partial charge in [0.2, 0.25) is 5.91 Å². The van der Waals surface area contributed by atoms with Crippen LogP contribution in [0, 0.1) is 11.6 Å². The summed E-state index contributed by atoms with van der Waals surface area (Å²) in [6, 6.07) is 2.95. The normalized spacial score (nSPS) is 13.4. The third-order valence-electron chi connectivity index (χ3n) is 5.26. The second-order valence-corrected chi connectivity index (χ2v) is 7.81. The summed E-state index contributed by atoms with van der Waals surface area (Å²) < 4.78 is 67.3. The highest BCUT2D eigenvalue weighted by molar-refractivity contribution is 6.00. The number of carbonyl (C=O) groups is 2. The van der Waals surface area contributed by atoms with Crippen molar-refractivity contribution in [3.8, 4) is 0 Å². The Morgan fingerprint density at radius 1 is 1.00 bits per heavy atom. The zero-order valence-electron chi connectivity index (χ0n) is 18.6. The summed E-state index contributed by atoms with van der Waals surface area (Å²) in [5.41, 5.74) is -2.97. The van der Waals surface area contributed by atoms with Gasteiger partial charge in [-0.05, 0) is 31.0 Å². The number of nitrogens with zero attached hydrogens (tertiary/aromatic N) is 3. The minimum absolute atomic E-state index is 0. The number of carbonyl (C=O) groups excluding carboxylic acids is 2. The predicted octanol–water partition coefficient (Wildman–Crippen LogP) is 4.33. The van der Waals surface area contributed by atoms with Crippen LogP contribution >= 0.6 is 24.8 Å². The average molecular weight is 565 g/mol. The molecule has 0 radical (unpaired) electrons. The van der Waals surface area contributed by atoms with Crippen LogP contribution in [0.3, 0.4) is 0 Å². The standard InChI is InChI=1S/C22H17F5N6O2.2ClH/c23-13-1-2-17(15(5-13)22(25,26)27)32-14-6-16(24)18(30-9-14)10-31-20(35)21(3-4-21)33-19(34)12-7-28-11-29-8-12;;/h1-2,5-9,11,32H,3-4,10H2,(H,31,35)(H,33,34);2*1H. The Bertz CT molecular complexity index is 1280. The molecule has 3 aromatic rings. The first-order valence-electron chi connectivity index (χ1n) is 10.2. The molecule has 2 heterocycles. The molecule has 2 amide bonds. The van der Waals surface area contributed by atoms with Crippen molar-refractivity contribution in [1.82, 2.24) is 25.6 Å². The lowest BCUT2D eigenvalue weighted by molar-refractivity contribution is -0.137. The fraction of sp³-hybridized carbons (Fsp3) is 0.227. The summed E-state index contributed by atoms with van der Waals surface area (Å²) in [5.74, 6) is -3.02. The molecule has 2 aromatic heterocycles. The van der Waals surface area contributed by atoms with Crippen LogP contribution < -0.4 is 16.0 Å². The first-order chi connectivity index (χ1) is 16.6. The van der Waals surface area contributed by atoms with E-state index in [2.05, 4.69) is 30.9 Å². The maximum absolute atomic E-state index is 14.5. The highest BCUT2D eigenvalue weighted by atomic mass is 35.5. The summed E-state index contributed by atoms with van der Waals surface area (Å²) in [5, 5.41) is 7.50. The van der Waals surface area contributed by atoms with E-state index in [1.54, 1.807) is 0 Å². The van der Waals surface area contributed by atoms with Crippen molar-refractivity contribution >= 4 is 48.0 Å². The Morgan fingerprint density at radius 2 is 1.68 bits per heavy atom. The molecule has 0 unspecified atom stereocenters. The predicted molar refractivity (Wildman–Crippen MR) is 127 cm³/mol. The Labute approximate surface area is 219 Å². The molecular formula is C22H19Cl2F5N6O2. The zero-order chi connectivity index (χ0) is 25.2. The molecule has 0 saturated heterocycles. The molecule has 1 aliphatic carbocycles. The molecule has 3 N–H and O–H groups in total. The number of halogens is 7. The van der Waals surface area contributed by atoms with Gasteiger partial charge in [-0.1, -0.05) is 0 Å². The molecule has 0 spiro atoms. The zero-order valence-corrected chi connectivity index (χ0v) is 20.2. The van der Waals surface area contributed by atoms with Crippen LogP contribution in [0.4, 0.5) is 33.3 Å². The Hall–Kier alpha value is -3.58. The molecule has 37 heavy (non-hydrogen) atoms. The van der Waals surface area contributed by atoms with Crippen molar-refractivity contribution in [2.75, 3.05) is 5.32 Å². The van der Waals surface area contributed by atoms with Gasteiger partial charge in [0.05, 0.1) is 40.9 Å². The van der Waals surface area contributed by atoms with Gasteiger partial charge in [-0.25, -0.2) is 18.7 Å². The van der Waals surface area contributed by atoms with E-state index in [-0.39, 0.29) is 48.3 Å². The molecular weight excluding hydrogens is 546 g/mol. The van der Waals surface area contributed by atoms with Gasteiger partial charge in [0.1, 0.15) is 23.5 Å². The summed E-state index contributed by atoms with van der Waals surface area (Å²) in [6.07, 6.45) is 0.879. The van der Waals surface area contributed by atoms with Crippen LogP contribution in [-0.4, -0.2) is 32.3 Å². The molecule has 1 aliphatic rings. The quantitative estimate of drug-likeness (QED) is 0.368. The van der Waals surface area contributed by atoms with E-state index >= 15 is 0 Å². The molecule has 0 bridgehead atoms. The van der Waals surface area contributed by atoms with E-state index < -0.39 is 46.4 Å². The number of hydrogen-bond donors (Lipinski definition) is 3. The molecule has 0 aliphatic heterocycles. The number of benzene rings is 1. The number of nitrogens with one attached hydrogen (secondary N) is 3. The van der Waals surface area contributed by atoms with Crippen molar-refractivity contribution in [1.29, 1.82) is 0 Å². The van der Waals surface area contributed by atoms with Crippen LogP contribution in [0.2, 0.25) is 0 Å². The highest BCUT2D eigenvalue weighted by Gasteiger charge is 2.51. The first-order valence-corrected chi connectivity index (χ1v) is 10.2. The van der Waals surface area contributed by atoms with Crippen LogP contribution in [0.5, 0.6) is 0 Å². The number of aromatic nitrogens is 3. The second kappa shape index (κ2) is 11.6. The van der Waals surface area contributed by atoms with E-state index in [0.717, 1.165) is 24.4 Å². The molecule has 198 valence electrons. The molecule has 4 rings (SSSR count). The van der Waals surface area contributed by atoms with Crippen LogP contribution in [0.15, 0.2) is 49.2 Å². The number of alkyl halides is 3. The maximum Gasteiger partial charge on any atom is 0.418 e. The summed E-state index contributed by atoms with van der Waals surface area (Å²) in [4.78, 5) is 36.2. The molecule has 8 nitrogen and oxygen atoms in total. The second-order valence-electron chi connectivity index (χ2n) is 7.81. The number of pyridine rings is 1. The molecule has 1 aromatic carbocycles. The average Bonchev–Trinajstić information content (AvgIpc) is 3.60. The third kappa shape index (κ3) is 7.01. The van der Waals surface area contributed by atoms with Gasteiger partial charge in [-0.3, -0.25) is 14.6 Å². The largest absolute Gasteiger partial charge is 0.418 e. The van der Waals surface area contributed by atoms with Crippen molar-refractivity contribution in [2.45, 2.75) is 31.1 Å². The molecule has 15 heteroatoms. The number of hydrogen-bond acceptors (Lipinski definition) is 6. The van der Waals surface area contributed by atoms with E-state index in [4.69, 9.17) is 0 Å². The van der Waals surface area contributed by atoms with Gasteiger partial charge in [0, 0.05) is 18.5 Å². The fourth-order valence-electron chi connectivity index (χ4n) is 3.25. The van der Waals surface area contributed by atoms with Gasteiger partial charge in [-0.2, -0.15) is 13.2 Å². The van der Waals surface area contributed by atoms with E-state index in [1.165, 1.54) is 18.7 Å². The SMILES string of the molecule is Cl.Cl.O=C(NC1(C(=O)NCc2ncc(Nc3ccc(F)cc3C(F)(F)F)cc2F)CC1)c1cncnc1. The van der Waals surface area contributed by atoms with E-state index in [0.29, 0.717) is 18.9 Å². The van der Waals surface area contributed by atoms with E-state index in [9.17, 15) is 31.5 Å². The summed E-state index contributed by atoms with van der Waals surface area (Å²) in [6.45, 7) is -0.318. The molecule has 1 fully saturated rings. The minimum atomic E-state index is -4.83. The van der Waals surface area contributed by atoms with Gasteiger partial charge >= 0.3 is 6.18 Å². The Balaban J connectivity index is 0.00000241. The Morgan fingerprint density at radius 3 is 2.27 bits per heavy atom. The van der Waals surface area contributed by atoms with E-state index in [1.807, 2.05) is 0 Å². The van der Waals surface area contributed by atoms with Crippen molar-refractivity contribution in [2.24, 2.45) is 0 Å². The summed E-state index contributed by atoms with van der Waals surface area (Å²) in [7, 11) is 0. The first kappa shape index (κ1) is 29.6. The summed E-state index contributed by atoms with van der Waals surface area (Å²) >= 11 is 0. The van der Waals surface area contributed by atoms with Crippen molar-refractivity contribution in [3.05, 3.63) is 77.6 Å². The van der Waals surface area contributed by atoms with Gasteiger partial charge in [-0.15, -0.1) is 24.8 Å². The topological polar surface area (TPSA) is 109 Å². The lowest BCUT2D eigenvalue weighted by atomic mass is 10.1. The number of amides is 2. The third-order valence-corrected chi connectivity index (χ3v) is 5.26. The van der Waals surface area contributed by atoms with Gasteiger partial charge in [0.25, 0.3) is 5.91 Å². The molecule has 1 saturated carbocycles. The van der Waals surface area contributed by atoms with Crippen LogP contribution in [-0.2, 0) is 17.5 Å². The van der Waals surface area contributed by atoms with Gasteiger partial charge in [0.15, 0.2) is 0 Å². The van der Waals surface area contributed by atoms with Crippen molar-refractivity contribution in [3.63, 3.8) is 0 Å². The smallest absolute Gasteiger partial charge is 0.354 e. The van der Waals surface area contributed by atoms with Crippen molar-refractivity contribution < 1.29 is 31.5 Å². The van der Waals surface area contributed by atoms with Crippen LogP contribution in [0.25, 0.3) is 0 Å². The maximum atomic E-state index is 14.5. The monoisotopic (exact) mass is 564 g/mol. The molecule has 0 atom stereocenters. The number of anilines is 2. The fourth-order valence-corrected chi connectivity index (χ4v) is 3.25. The lowest BCUT2D eigenvalue weighted by Crippen LogP contribution is -2.48. The number of rotatable bonds is 7. The van der Waals surface area contributed by atoms with Crippen LogP contribution in [0.1, 0.15) is 34.5 Å². The Kier molecular flexibility index (Phi) is 9.33. The minimum Gasteiger partial charge on any atom is -0.354 e. The van der Waals surface area contributed by atoms with Gasteiger partial charge < -0.3 is 16.0 Å². The lowest BCUT2D eigenvalue weighted by Gasteiger charge is -2.17. The highest BCUT2D eigenvalue weighted by Crippen LogP contribution is 2.37.